The average molecular weight is 388 g/mol. The standard InChI is InChI=1S/C18H14BrNO4/c1-24-13-8-4-10(5-9-13)15-14(17(22)18(23)20-15)16(21)11-2-6-12(19)7-3-11/h2-9,15,21H,1H3,(H,20,23)/b16-14-. The number of Topliss-reactive ketones (excluding diaryl/α,β-unsaturated/α-hetero) is 1. The van der Waals surface area contributed by atoms with Gasteiger partial charge in [0.2, 0.25) is 0 Å². The molecule has 0 saturated carbocycles. The molecule has 1 unspecified atom stereocenters. The van der Waals surface area contributed by atoms with Crippen LogP contribution in [0.1, 0.15) is 17.2 Å². The fourth-order valence-electron chi connectivity index (χ4n) is 2.58. The van der Waals surface area contributed by atoms with Crippen molar-refractivity contribution in [2.75, 3.05) is 7.11 Å². The molecule has 0 radical (unpaired) electrons. The molecule has 1 atom stereocenters. The first kappa shape index (κ1) is 16.3. The van der Waals surface area contributed by atoms with Gasteiger partial charge in [-0.3, -0.25) is 9.59 Å². The summed E-state index contributed by atoms with van der Waals surface area (Å²) >= 11 is 3.32. The molecule has 24 heavy (non-hydrogen) atoms. The third kappa shape index (κ3) is 2.92. The van der Waals surface area contributed by atoms with E-state index in [1.807, 2.05) is 0 Å². The van der Waals surface area contributed by atoms with Crippen LogP contribution < -0.4 is 10.1 Å². The number of aliphatic hydroxyl groups is 1. The van der Waals surface area contributed by atoms with E-state index < -0.39 is 17.7 Å². The minimum atomic E-state index is -0.727. The summed E-state index contributed by atoms with van der Waals surface area (Å²) in [6.45, 7) is 0. The van der Waals surface area contributed by atoms with Crippen molar-refractivity contribution in [3.63, 3.8) is 0 Å². The highest BCUT2D eigenvalue weighted by Crippen LogP contribution is 2.33. The normalized spacial score (nSPS) is 19.2. The predicted octanol–water partition coefficient (Wildman–Crippen LogP) is 3.17. The van der Waals surface area contributed by atoms with Crippen molar-refractivity contribution >= 4 is 33.4 Å². The van der Waals surface area contributed by atoms with Gasteiger partial charge in [-0.1, -0.05) is 40.2 Å². The maximum atomic E-state index is 12.2. The highest BCUT2D eigenvalue weighted by Gasteiger charge is 2.39. The molecule has 1 aliphatic rings. The molecule has 122 valence electrons. The second-order valence-electron chi connectivity index (χ2n) is 5.28. The molecule has 1 fully saturated rings. The lowest BCUT2D eigenvalue weighted by Crippen LogP contribution is -2.21. The second-order valence-corrected chi connectivity index (χ2v) is 6.19. The van der Waals surface area contributed by atoms with E-state index >= 15 is 0 Å². The number of carbonyl (C=O) groups is 2. The van der Waals surface area contributed by atoms with E-state index in [1.54, 1.807) is 55.6 Å². The molecular weight excluding hydrogens is 374 g/mol. The number of ketones is 1. The van der Waals surface area contributed by atoms with Crippen LogP contribution in [0.3, 0.4) is 0 Å². The van der Waals surface area contributed by atoms with Crippen LogP contribution in [-0.2, 0) is 9.59 Å². The predicted molar refractivity (Wildman–Crippen MR) is 92.6 cm³/mol. The van der Waals surface area contributed by atoms with E-state index in [-0.39, 0.29) is 11.3 Å². The fourth-order valence-corrected chi connectivity index (χ4v) is 2.84. The zero-order valence-electron chi connectivity index (χ0n) is 12.7. The van der Waals surface area contributed by atoms with Gasteiger partial charge in [-0.25, -0.2) is 0 Å². The van der Waals surface area contributed by atoms with Gasteiger partial charge in [0.15, 0.2) is 0 Å². The Labute approximate surface area is 147 Å². The summed E-state index contributed by atoms with van der Waals surface area (Å²) in [5.74, 6) is -0.991. The van der Waals surface area contributed by atoms with Gasteiger partial charge < -0.3 is 15.2 Å². The third-order valence-corrected chi connectivity index (χ3v) is 4.37. The molecule has 3 rings (SSSR count). The largest absolute Gasteiger partial charge is 0.507 e. The van der Waals surface area contributed by atoms with Gasteiger partial charge in [0.1, 0.15) is 11.5 Å². The van der Waals surface area contributed by atoms with Gasteiger partial charge in [-0.05, 0) is 29.8 Å². The molecule has 0 bridgehead atoms. The Morgan fingerprint density at radius 2 is 1.71 bits per heavy atom. The Morgan fingerprint density at radius 3 is 2.29 bits per heavy atom. The zero-order chi connectivity index (χ0) is 17.3. The highest BCUT2D eigenvalue weighted by molar-refractivity contribution is 9.10. The summed E-state index contributed by atoms with van der Waals surface area (Å²) < 4.78 is 5.96. The monoisotopic (exact) mass is 387 g/mol. The van der Waals surface area contributed by atoms with Gasteiger partial charge in [-0.15, -0.1) is 0 Å². The Balaban J connectivity index is 2.07. The average Bonchev–Trinajstić information content (AvgIpc) is 2.90. The van der Waals surface area contributed by atoms with Crippen molar-refractivity contribution in [2.24, 2.45) is 0 Å². The van der Waals surface area contributed by atoms with Crippen LogP contribution in [0.2, 0.25) is 0 Å². The number of hydrogen-bond acceptors (Lipinski definition) is 4. The number of rotatable bonds is 3. The summed E-state index contributed by atoms with van der Waals surface area (Å²) in [6.07, 6.45) is 0. The number of benzene rings is 2. The van der Waals surface area contributed by atoms with Crippen molar-refractivity contribution in [3.05, 3.63) is 69.7 Å². The first-order valence-corrected chi connectivity index (χ1v) is 7.98. The Morgan fingerprint density at radius 1 is 1.08 bits per heavy atom. The number of ether oxygens (including phenoxy) is 1. The number of hydrogen-bond donors (Lipinski definition) is 2. The van der Waals surface area contributed by atoms with Crippen LogP contribution in [0.25, 0.3) is 5.76 Å². The lowest BCUT2D eigenvalue weighted by molar-refractivity contribution is -0.133. The van der Waals surface area contributed by atoms with Gasteiger partial charge in [0.25, 0.3) is 11.7 Å². The third-order valence-electron chi connectivity index (χ3n) is 3.84. The number of amides is 1. The first-order chi connectivity index (χ1) is 11.5. The van der Waals surface area contributed by atoms with E-state index in [1.165, 1.54) is 0 Å². The Bertz CT molecular complexity index is 825. The number of aliphatic hydroxyl groups excluding tert-OH is 1. The molecule has 0 spiro atoms. The summed E-state index contributed by atoms with van der Waals surface area (Å²) in [7, 11) is 1.56. The molecule has 0 aromatic heterocycles. The minimum Gasteiger partial charge on any atom is -0.507 e. The number of carbonyl (C=O) groups excluding carboxylic acids is 2. The van der Waals surface area contributed by atoms with E-state index in [0.717, 1.165) is 4.47 Å². The molecule has 1 amide bonds. The molecule has 0 aliphatic carbocycles. The molecule has 1 aliphatic heterocycles. The van der Waals surface area contributed by atoms with Crippen LogP contribution >= 0.6 is 15.9 Å². The Hall–Kier alpha value is -2.60. The van der Waals surface area contributed by atoms with Crippen LogP contribution in [0.5, 0.6) is 5.75 Å². The van der Waals surface area contributed by atoms with Gasteiger partial charge in [0, 0.05) is 10.0 Å². The molecule has 2 aromatic carbocycles. The highest BCUT2D eigenvalue weighted by atomic mass is 79.9. The van der Waals surface area contributed by atoms with Crippen LogP contribution in [-0.4, -0.2) is 23.9 Å². The maximum Gasteiger partial charge on any atom is 0.293 e. The van der Waals surface area contributed by atoms with Gasteiger partial charge in [0.05, 0.1) is 18.7 Å². The van der Waals surface area contributed by atoms with Gasteiger partial charge >= 0.3 is 0 Å². The molecular formula is C18H14BrNO4. The SMILES string of the molecule is COc1ccc(C2NC(=O)C(=O)/C2=C(\O)c2ccc(Br)cc2)cc1. The smallest absolute Gasteiger partial charge is 0.293 e. The fraction of sp³-hybridized carbons (Fsp3) is 0.111. The first-order valence-electron chi connectivity index (χ1n) is 7.19. The van der Waals surface area contributed by atoms with E-state index in [0.29, 0.717) is 16.9 Å². The van der Waals surface area contributed by atoms with Crippen LogP contribution in [0, 0.1) is 0 Å². The molecule has 1 saturated heterocycles. The zero-order valence-corrected chi connectivity index (χ0v) is 14.3. The summed E-state index contributed by atoms with van der Waals surface area (Å²) in [6, 6.07) is 13.1. The molecule has 2 aromatic rings. The van der Waals surface area contributed by atoms with Crippen molar-refractivity contribution in [3.8, 4) is 5.75 Å². The number of nitrogens with one attached hydrogen (secondary N) is 1. The summed E-state index contributed by atoms with van der Waals surface area (Å²) in [5.41, 5.74) is 1.21. The molecule has 5 nitrogen and oxygen atoms in total. The van der Waals surface area contributed by atoms with Crippen LogP contribution in [0.4, 0.5) is 0 Å². The minimum absolute atomic E-state index is 0.0486. The Kier molecular flexibility index (Phi) is 4.40. The quantitative estimate of drug-likeness (QED) is 0.481. The van der Waals surface area contributed by atoms with Gasteiger partial charge in [-0.2, -0.15) is 0 Å². The molecule has 1 heterocycles. The lowest BCUT2D eigenvalue weighted by atomic mass is 9.96. The number of methoxy groups -OCH3 is 1. The van der Waals surface area contributed by atoms with E-state index in [4.69, 9.17) is 4.74 Å². The van der Waals surface area contributed by atoms with Crippen molar-refractivity contribution in [2.45, 2.75) is 6.04 Å². The molecule has 2 N–H and O–H groups in total. The van der Waals surface area contributed by atoms with E-state index in [2.05, 4.69) is 21.2 Å². The van der Waals surface area contributed by atoms with Crippen molar-refractivity contribution in [1.29, 1.82) is 0 Å². The van der Waals surface area contributed by atoms with Crippen LogP contribution in [0.15, 0.2) is 58.6 Å². The van der Waals surface area contributed by atoms with E-state index in [9.17, 15) is 14.7 Å². The van der Waals surface area contributed by atoms with Crippen molar-refractivity contribution in [1.82, 2.24) is 5.32 Å². The topological polar surface area (TPSA) is 75.6 Å². The summed E-state index contributed by atoms with van der Waals surface area (Å²) in [5, 5.41) is 13.2. The molecule has 6 heteroatoms. The second kappa shape index (κ2) is 6.49. The number of halogens is 1. The van der Waals surface area contributed by atoms with Crippen molar-refractivity contribution < 1.29 is 19.4 Å². The summed E-state index contributed by atoms with van der Waals surface area (Å²) in [4.78, 5) is 24.1. The lowest BCUT2D eigenvalue weighted by Gasteiger charge is -2.14. The maximum absolute atomic E-state index is 12.2.